The Hall–Kier alpha value is -0.630. The van der Waals surface area contributed by atoms with E-state index in [-0.39, 0.29) is 11.3 Å². The summed E-state index contributed by atoms with van der Waals surface area (Å²) < 4.78 is 0. The number of rotatable bonds is 0. The van der Waals surface area contributed by atoms with Crippen LogP contribution in [0.5, 0.6) is 0 Å². The zero-order chi connectivity index (χ0) is 9.35. The van der Waals surface area contributed by atoms with Gasteiger partial charge in [0.15, 0.2) is 5.78 Å². The maximum absolute atomic E-state index is 11.3. The van der Waals surface area contributed by atoms with Gasteiger partial charge in [0, 0.05) is 12.1 Å². The summed E-state index contributed by atoms with van der Waals surface area (Å²) in [5.41, 5.74) is 1.02. The first-order valence-corrected chi connectivity index (χ1v) is 4.36. The summed E-state index contributed by atoms with van der Waals surface area (Å²) in [7, 11) is 0. The summed E-state index contributed by atoms with van der Waals surface area (Å²) in [4.78, 5) is 13.5. The molecule has 0 atom stereocenters. The SMILES string of the molecule is CC1=CCN(C(C)(C)C)CC1=O. The third kappa shape index (κ3) is 1.95. The smallest absolute Gasteiger partial charge is 0.172 e. The number of hydrogen-bond donors (Lipinski definition) is 0. The first kappa shape index (κ1) is 9.46. The van der Waals surface area contributed by atoms with Crippen LogP contribution in [0.3, 0.4) is 0 Å². The maximum atomic E-state index is 11.3. The van der Waals surface area contributed by atoms with Crippen molar-refractivity contribution < 1.29 is 4.79 Å². The van der Waals surface area contributed by atoms with E-state index in [9.17, 15) is 4.79 Å². The summed E-state index contributed by atoms with van der Waals surface area (Å²) >= 11 is 0. The highest BCUT2D eigenvalue weighted by Crippen LogP contribution is 2.17. The van der Waals surface area contributed by atoms with Crippen molar-refractivity contribution in [1.82, 2.24) is 4.90 Å². The molecule has 0 aromatic rings. The molecule has 2 nitrogen and oxygen atoms in total. The van der Waals surface area contributed by atoms with Crippen LogP contribution in [-0.4, -0.2) is 29.3 Å². The van der Waals surface area contributed by atoms with Crippen LogP contribution in [0.2, 0.25) is 0 Å². The van der Waals surface area contributed by atoms with Gasteiger partial charge in [-0.05, 0) is 33.3 Å². The second-order valence-electron chi connectivity index (χ2n) is 4.36. The van der Waals surface area contributed by atoms with Crippen LogP contribution in [0, 0.1) is 0 Å². The molecule has 1 aliphatic heterocycles. The van der Waals surface area contributed by atoms with E-state index in [1.807, 2.05) is 13.0 Å². The third-order valence-electron chi connectivity index (χ3n) is 2.34. The fraction of sp³-hybridized carbons (Fsp3) is 0.700. The Morgan fingerprint density at radius 3 is 2.42 bits per heavy atom. The average molecular weight is 167 g/mol. The molecule has 2 heteroatoms. The van der Waals surface area contributed by atoms with Crippen LogP contribution in [0.1, 0.15) is 27.7 Å². The predicted molar refractivity (Wildman–Crippen MR) is 50.1 cm³/mol. The number of ketones is 1. The van der Waals surface area contributed by atoms with Crippen molar-refractivity contribution in [2.24, 2.45) is 0 Å². The molecule has 0 bridgehead atoms. The Morgan fingerprint density at radius 1 is 1.42 bits per heavy atom. The fourth-order valence-corrected chi connectivity index (χ4v) is 1.23. The molecule has 0 N–H and O–H groups in total. The summed E-state index contributed by atoms with van der Waals surface area (Å²) in [6, 6.07) is 0. The molecule has 12 heavy (non-hydrogen) atoms. The number of carbonyl (C=O) groups is 1. The molecule has 68 valence electrons. The van der Waals surface area contributed by atoms with Crippen LogP contribution >= 0.6 is 0 Å². The molecule has 0 radical (unpaired) electrons. The van der Waals surface area contributed by atoms with Crippen molar-refractivity contribution in [1.29, 1.82) is 0 Å². The average Bonchev–Trinajstić information content (AvgIpc) is 1.92. The van der Waals surface area contributed by atoms with E-state index in [0.29, 0.717) is 6.54 Å². The van der Waals surface area contributed by atoms with Gasteiger partial charge in [-0.15, -0.1) is 0 Å². The molecular weight excluding hydrogens is 150 g/mol. The van der Waals surface area contributed by atoms with Gasteiger partial charge in [-0.1, -0.05) is 6.08 Å². The second-order valence-corrected chi connectivity index (χ2v) is 4.36. The van der Waals surface area contributed by atoms with Crippen LogP contribution < -0.4 is 0 Å². The van der Waals surface area contributed by atoms with Gasteiger partial charge in [0.05, 0.1) is 6.54 Å². The summed E-state index contributed by atoms with van der Waals surface area (Å²) in [6.07, 6.45) is 2.01. The predicted octanol–water partition coefficient (Wildman–Crippen LogP) is 1.62. The lowest BCUT2D eigenvalue weighted by Gasteiger charge is -2.36. The number of Topliss-reactive ketones (excluding diaryl/α,β-unsaturated/α-hetero) is 1. The molecule has 0 unspecified atom stereocenters. The van der Waals surface area contributed by atoms with E-state index in [4.69, 9.17) is 0 Å². The Labute approximate surface area is 74.2 Å². The van der Waals surface area contributed by atoms with E-state index < -0.39 is 0 Å². The Kier molecular flexibility index (Phi) is 2.38. The molecule has 1 heterocycles. The Balaban J connectivity index is 2.72. The Bertz CT molecular complexity index is 222. The Morgan fingerprint density at radius 2 is 2.00 bits per heavy atom. The van der Waals surface area contributed by atoms with Crippen molar-refractivity contribution in [3.05, 3.63) is 11.6 Å². The second kappa shape index (κ2) is 3.02. The van der Waals surface area contributed by atoms with Crippen molar-refractivity contribution in [3.63, 3.8) is 0 Å². The van der Waals surface area contributed by atoms with Crippen LogP contribution in [0.4, 0.5) is 0 Å². The fourth-order valence-electron chi connectivity index (χ4n) is 1.23. The molecule has 1 rings (SSSR count). The largest absolute Gasteiger partial charge is 0.293 e. The zero-order valence-electron chi connectivity index (χ0n) is 8.35. The van der Waals surface area contributed by atoms with Crippen molar-refractivity contribution in [3.8, 4) is 0 Å². The molecule has 0 aromatic carbocycles. The first-order chi connectivity index (χ1) is 5.41. The van der Waals surface area contributed by atoms with Crippen molar-refractivity contribution >= 4 is 5.78 Å². The molecule has 0 saturated carbocycles. The van der Waals surface area contributed by atoms with E-state index in [1.54, 1.807) is 0 Å². The summed E-state index contributed by atoms with van der Waals surface area (Å²) in [6.45, 7) is 9.77. The van der Waals surface area contributed by atoms with Crippen LogP contribution in [-0.2, 0) is 4.79 Å². The normalized spacial score (nSPS) is 21.0. The topological polar surface area (TPSA) is 20.3 Å². The van der Waals surface area contributed by atoms with Crippen molar-refractivity contribution in [2.75, 3.05) is 13.1 Å². The molecule has 0 aliphatic carbocycles. The number of hydrogen-bond acceptors (Lipinski definition) is 2. The van der Waals surface area contributed by atoms with Gasteiger partial charge in [0.1, 0.15) is 0 Å². The van der Waals surface area contributed by atoms with Gasteiger partial charge in [0.2, 0.25) is 0 Å². The highest BCUT2D eigenvalue weighted by atomic mass is 16.1. The van der Waals surface area contributed by atoms with Crippen molar-refractivity contribution in [2.45, 2.75) is 33.2 Å². The molecule has 0 spiro atoms. The monoisotopic (exact) mass is 167 g/mol. The molecule has 0 saturated heterocycles. The van der Waals surface area contributed by atoms with E-state index in [2.05, 4.69) is 25.7 Å². The van der Waals surface area contributed by atoms with Gasteiger partial charge < -0.3 is 0 Å². The quantitative estimate of drug-likeness (QED) is 0.546. The zero-order valence-corrected chi connectivity index (χ0v) is 8.35. The number of carbonyl (C=O) groups excluding carboxylic acids is 1. The molecule has 1 aliphatic rings. The van der Waals surface area contributed by atoms with Crippen LogP contribution in [0.15, 0.2) is 11.6 Å². The minimum atomic E-state index is 0.104. The molecule has 0 aromatic heterocycles. The first-order valence-electron chi connectivity index (χ1n) is 4.36. The molecular formula is C10H17NO. The maximum Gasteiger partial charge on any atom is 0.172 e. The lowest BCUT2D eigenvalue weighted by atomic mass is 10.0. The molecule has 0 fully saturated rings. The van der Waals surface area contributed by atoms with E-state index >= 15 is 0 Å². The minimum Gasteiger partial charge on any atom is -0.293 e. The van der Waals surface area contributed by atoms with Crippen LogP contribution in [0.25, 0.3) is 0 Å². The minimum absolute atomic E-state index is 0.104. The highest BCUT2D eigenvalue weighted by Gasteiger charge is 2.25. The molecule has 0 amide bonds. The van der Waals surface area contributed by atoms with Gasteiger partial charge in [-0.3, -0.25) is 9.69 Å². The standard InChI is InChI=1S/C10H17NO/c1-8-5-6-11(7-9(8)12)10(2,3)4/h5H,6-7H2,1-4H3. The van der Waals surface area contributed by atoms with E-state index in [0.717, 1.165) is 12.1 Å². The third-order valence-corrected chi connectivity index (χ3v) is 2.34. The van der Waals surface area contributed by atoms with E-state index in [1.165, 1.54) is 0 Å². The number of nitrogens with zero attached hydrogens (tertiary/aromatic N) is 1. The lowest BCUT2D eigenvalue weighted by Crippen LogP contribution is -2.46. The summed E-state index contributed by atoms with van der Waals surface area (Å²) in [5.74, 6) is 0.260. The van der Waals surface area contributed by atoms with Gasteiger partial charge in [-0.2, -0.15) is 0 Å². The van der Waals surface area contributed by atoms with Gasteiger partial charge >= 0.3 is 0 Å². The summed E-state index contributed by atoms with van der Waals surface area (Å²) in [5, 5.41) is 0. The van der Waals surface area contributed by atoms with Gasteiger partial charge in [0.25, 0.3) is 0 Å². The highest BCUT2D eigenvalue weighted by molar-refractivity contribution is 5.97. The lowest BCUT2D eigenvalue weighted by molar-refractivity contribution is -0.118. The van der Waals surface area contributed by atoms with Gasteiger partial charge in [-0.25, -0.2) is 0 Å².